The molecule has 2 aliphatic rings. The molecule has 0 aliphatic heterocycles. The zero-order valence-electron chi connectivity index (χ0n) is 16.2. The maximum Gasteiger partial charge on any atom is 4.00 e. The summed E-state index contributed by atoms with van der Waals surface area (Å²) >= 11 is 0. The van der Waals surface area contributed by atoms with Crippen LogP contribution in [0.15, 0.2) is 35.5 Å². The van der Waals surface area contributed by atoms with Crippen molar-refractivity contribution in [3.63, 3.8) is 0 Å². The molecule has 0 fully saturated rings. The van der Waals surface area contributed by atoms with Crippen molar-refractivity contribution in [3.8, 4) is 0 Å². The molecule has 15 heteroatoms. The Morgan fingerprint density at radius 3 is 1.06 bits per heavy atom. The number of alkyl halides is 6. The second-order valence-corrected chi connectivity index (χ2v) is 7.87. The van der Waals surface area contributed by atoms with Crippen LogP contribution in [-0.2, 0) is 46.4 Å². The SMILES string of the molecule is CCC1=[C-]CC=C1.CCC1=[C-]CC=C1.O=S(=O)([O-])C(F)(F)F.O=S(=O)([O-])C(F)(F)F.[Zr+4]. The number of hydrogen-bond donors (Lipinski definition) is 0. The fourth-order valence-corrected chi connectivity index (χ4v) is 1.39. The van der Waals surface area contributed by atoms with Gasteiger partial charge in [-0.3, -0.25) is 12.2 Å². The number of rotatable bonds is 2. The van der Waals surface area contributed by atoms with E-state index in [1.54, 1.807) is 0 Å². The van der Waals surface area contributed by atoms with Gasteiger partial charge in [0.15, 0.2) is 20.2 Å². The van der Waals surface area contributed by atoms with Crippen molar-refractivity contribution >= 4 is 20.2 Å². The zero-order chi connectivity index (χ0) is 24.2. The summed E-state index contributed by atoms with van der Waals surface area (Å²) in [5.41, 5.74) is -8.57. The number of halogens is 6. The standard InChI is InChI=1S/2C7H9.2CHF3O3S.Zr/c2*1-2-7-5-3-4-6-7;2*2-1(3,4)8(5,6)7;/h2*3,5H,2,4H2,1H3;2*(H,5,6,7);/q2*-1;;;+4/p-2. The average Bonchev–Trinajstić information content (AvgIpc) is 3.26. The fourth-order valence-electron chi connectivity index (χ4n) is 1.39. The van der Waals surface area contributed by atoms with Gasteiger partial charge in [-0.15, -0.1) is 12.8 Å². The van der Waals surface area contributed by atoms with Gasteiger partial charge in [-0.05, 0) is 0 Å². The number of hydrogen-bond acceptors (Lipinski definition) is 6. The largest absolute Gasteiger partial charge is 4.00 e. The molecule has 0 heterocycles. The summed E-state index contributed by atoms with van der Waals surface area (Å²) in [6.07, 6.45) is 19.3. The summed E-state index contributed by atoms with van der Waals surface area (Å²) in [7, 11) is -12.2. The van der Waals surface area contributed by atoms with Crippen molar-refractivity contribution < 1.29 is 78.5 Å². The Hall–Kier alpha value is -0.757. The molecule has 0 bridgehead atoms. The molecule has 0 spiro atoms. The van der Waals surface area contributed by atoms with E-state index in [2.05, 4.69) is 50.3 Å². The third-order valence-electron chi connectivity index (χ3n) is 2.86. The van der Waals surface area contributed by atoms with Crippen molar-refractivity contribution in [2.75, 3.05) is 0 Å². The molecular weight excluding hydrogens is 558 g/mol. The van der Waals surface area contributed by atoms with Gasteiger partial charge in [0.1, 0.15) is 0 Å². The van der Waals surface area contributed by atoms with Gasteiger partial charge in [-0.1, -0.05) is 26.7 Å². The molecule has 0 atom stereocenters. The van der Waals surface area contributed by atoms with E-state index in [9.17, 15) is 26.3 Å². The summed E-state index contributed by atoms with van der Waals surface area (Å²) in [5, 5.41) is 0. The van der Waals surface area contributed by atoms with E-state index in [0.29, 0.717) is 0 Å². The maximum absolute atomic E-state index is 10.7. The van der Waals surface area contributed by atoms with Crippen molar-refractivity contribution in [1.29, 1.82) is 0 Å². The molecule has 0 radical (unpaired) electrons. The normalized spacial score (nSPS) is 15.2. The van der Waals surface area contributed by atoms with Gasteiger partial charge in [0.2, 0.25) is 0 Å². The first-order valence-corrected chi connectivity index (χ1v) is 10.7. The van der Waals surface area contributed by atoms with Gasteiger partial charge < -0.3 is 9.11 Å². The van der Waals surface area contributed by atoms with Crippen LogP contribution in [0.2, 0.25) is 0 Å². The summed E-state index contributed by atoms with van der Waals surface area (Å²) in [4.78, 5) is 0. The monoisotopic (exact) mass is 574 g/mol. The van der Waals surface area contributed by atoms with Gasteiger partial charge in [-0.25, -0.2) is 40.1 Å². The predicted molar refractivity (Wildman–Crippen MR) is 93.1 cm³/mol. The van der Waals surface area contributed by atoms with Crippen molar-refractivity contribution in [3.05, 3.63) is 47.6 Å². The number of allylic oxidation sites excluding steroid dienone is 8. The van der Waals surface area contributed by atoms with E-state index in [-0.39, 0.29) is 26.2 Å². The zero-order valence-corrected chi connectivity index (χ0v) is 20.3. The van der Waals surface area contributed by atoms with Crippen LogP contribution in [-0.4, -0.2) is 37.0 Å². The first-order chi connectivity index (χ1) is 13.4. The Morgan fingerprint density at radius 2 is 1.00 bits per heavy atom. The summed E-state index contributed by atoms with van der Waals surface area (Å²) < 4.78 is 118. The van der Waals surface area contributed by atoms with Gasteiger partial charge in [0, 0.05) is 0 Å². The molecule has 0 amide bonds. The van der Waals surface area contributed by atoms with Crippen LogP contribution in [0.25, 0.3) is 0 Å². The van der Waals surface area contributed by atoms with E-state index in [4.69, 9.17) is 25.9 Å². The first-order valence-electron chi connectivity index (χ1n) is 7.93. The van der Waals surface area contributed by atoms with Crippen molar-refractivity contribution in [2.24, 2.45) is 0 Å². The Bertz CT molecular complexity index is 782. The topological polar surface area (TPSA) is 114 Å². The molecule has 31 heavy (non-hydrogen) atoms. The van der Waals surface area contributed by atoms with Crippen molar-refractivity contribution in [1.82, 2.24) is 0 Å². The van der Waals surface area contributed by atoms with Crippen LogP contribution in [0.1, 0.15) is 39.5 Å². The summed E-state index contributed by atoms with van der Waals surface area (Å²) in [5.74, 6) is 0. The minimum absolute atomic E-state index is 0. The van der Waals surface area contributed by atoms with E-state index in [0.717, 1.165) is 25.7 Å². The Morgan fingerprint density at radius 1 is 0.774 bits per heavy atom. The predicted octanol–water partition coefficient (Wildman–Crippen LogP) is 4.27. The molecule has 2 rings (SSSR count). The van der Waals surface area contributed by atoms with E-state index in [1.807, 2.05) is 0 Å². The van der Waals surface area contributed by atoms with Gasteiger partial charge in [0.05, 0.1) is 0 Å². The minimum atomic E-state index is -6.09. The van der Waals surface area contributed by atoms with Crippen LogP contribution in [0.5, 0.6) is 0 Å². The summed E-state index contributed by atoms with van der Waals surface area (Å²) in [6.45, 7) is 4.30. The van der Waals surface area contributed by atoms with E-state index in [1.165, 1.54) is 11.1 Å². The molecule has 0 saturated heterocycles. The second kappa shape index (κ2) is 15.1. The third-order valence-corrected chi connectivity index (χ3v) is 3.99. The average molecular weight is 576 g/mol. The molecule has 176 valence electrons. The molecular formula is C16H18F6O6S2Zr. The van der Waals surface area contributed by atoms with Crippen LogP contribution >= 0.6 is 0 Å². The maximum atomic E-state index is 10.7. The molecule has 0 aromatic heterocycles. The van der Waals surface area contributed by atoms with Gasteiger partial charge in [0.25, 0.3) is 0 Å². The molecule has 0 saturated carbocycles. The van der Waals surface area contributed by atoms with Gasteiger partial charge >= 0.3 is 37.2 Å². The minimum Gasteiger partial charge on any atom is -0.741 e. The van der Waals surface area contributed by atoms with Crippen LogP contribution in [0.4, 0.5) is 26.3 Å². The van der Waals surface area contributed by atoms with Crippen LogP contribution in [0.3, 0.4) is 0 Å². The third kappa shape index (κ3) is 17.5. The Kier molecular flexibility index (Phi) is 17.0. The van der Waals surface area contributed by atoms with Crippen LogP contribution < -0.4 is 0 Å². The molecule has 0 aromatic rings. The molecule has 6 nitrogen and oxygen atoms in total. The van der Waals surface area contributed by atoms with Crippen LogP contribution in [0, 0.1) is 12.2 Å². The van der Waals surface area contributed by atoms with E-state index < -0.39 is 31.3 Å². The molecule has 0 aromatic carbocycles. The van der Waals surface area contributed by atoms with Crippen molar-refractivity contribution in [2.45, 2.75) is 50.5 Å². The fraction of sp³-hybridized carbons (Fsp3) is 0.500. The van der Waals surface area contributed by atoms with E-state index >= 15 is 0 Å². The quantitative estimate of drug-likeness (QED) is 0.210. The smallest absolute Gasteiger partial charge is 0.741 e. The molecule has 0 N–H and O–H groups in total. The first kappa shape index (κ1) is 34.8. The summed E-state index contributed by atoms with van der Waals surface area (Å²) in [6, 6.07) is 0. The second-order valence-electron chi connectivity index (χ2n) is 5.12. The Balaban J connectivity index is -0.000000334. The van der Waals surface area contributed by atoms with Gasteiger partial charge in [-0.2, -0.15) is 38.5 Å². The molecule has 0 unspecified atom stereocenters. The molecule has 2 aliphatic carbocycles. The Labute approximate surface area is 196 Å².